The second-order valence-corrected chi connectivity index (χ2v) is 6.25. The smallest absolute Gasteiger partial charge is 0.396 e. The third kappa shape index (κ3) is 3.80. The topological polar surface area (TPSA) is 62.5 Å². The summed E-state index contributed by atoms with van der Waals surface area (Å²) in [6, 6.07) is 1.82. The van der Waals surface area contributed by atoms with Crippen molar-refractivity contribution in [1.82, 2.24) is 9.47 Å². The van der Waals surface area contributed by atoms with E-state index in [0.29, 0.717) is 32.0 Å². The molecule has 8 heteroatoms. The van der Waals surface area contributed by atoms with Crippen LogP contribution in [0.5, 0.6) is 0 Å². The second-order valence-electron chi connectivity index (χ2n) is 6.25. The summed E-state index contributed by atoms with van der Waals surface area (Å²) >= 11 is 0. The van der Waals surface area contributed by atoms with Gasteiger partial charge in [-0.05, 0) is 36.8 Å². The molecule has 0 radical (unpaired) electrons. The highest BCUT2D eigenvalue weighted by Crippen LogP contribution is 2.34. The summed E-state index contributed by atoms with van der Waals surface area (Å²) in [5.74, 6) is -0.390. The zero-order valence-corrected chi connectivity index (χ0v) is 13.5. The Hall–Kier alpha value is -1.83. The Bertz CT molecular complexity index is 641. The highest BCUT2D eigenvalue weighted by molar-refractivity contribution is 5.76. The van der Waals surface area contributed by atoms with E-state index in [2.05, 4.69) is 0 Å². The third-order valence-corrected chi connectivity index (χ3v) is 4.89. The number of amides is 1. The van der Waals surface area contributed by atoms with Crippen molar-refractivity contribution in [2.45, 2.75) is 38.9 Å². The lowest BCUT2D eigenvalue weighted by Gasteiger charge is -2.40. The summed E-state index contributed by atoms with van der Waals surface area (Å²) in [6.07, 6.45) is -1.47. The minimum absolute atomic E-state index is 0.0542. The third-order valence-electron chi connectivity index (χ3n) is 4.89. The molecule has 0 bridgehead atoms. The van der Waals surface area contributed by atoms with Gasteiger partial charge in [0.25, 0.3) is 5.56 Å². The van der Waals surface area contributed by atoms with Crippen LogP contribution in [-0.2, 0) is 17.5 Å². The van der Waals surface area contributed by atoms with Crippen LogP contribution in [0.3, 0.4) is 0 Å². The fourth-order valence-electron chi connectivity index (χ4n) is 2.98. The maximum atomic E-state index is 12.8. The first kappa shape index (κ1) is 18.5. The molecule has 0 aromatic carbocycles. The van der Waals surface area contributed by atoms with E-state index in [1.165, 1.54) is 11.1 Å². The molecule has 1 aliphatic heterocycles. The Labute approximate surface area is 137 Å². The molecule has 1 aliphatic rings. The van der Waals surface area contributed by atoms with Crippen molar-refractivity contribution in [1.29, 1.82) is 0 Å². The van der Waals surface area contributed by atoms with E-state index in [1.54, 1.807) is 0 Å². The normalized spacial score (nSPS) is 17.8. The van der Waals surface area contributed by atoms with Gasteiger partial charge in [-0.15, -0.1) is 0 Å². The summed E-state index contributed by atoms with van der Waals surface area (Å²) in [5.41, 5.74) is -2.68. The van der Waals surface area contributed by atoms with Gasteiger partial charge < -0.3 is 14.6 Å². The van der Waals surface area contributed by atoms with Gasteiger partial charge in [-0.25, -0.2) is 0 Å². The number of likely N-dealkylation sites (tertiary alicyclic amines) is 1. The number of carbonyl (C=O) groups excluding carboxylic acids is 1. The van der Waals surface area contributed by atoms with Crippen molar-refractivity contribution in [2.24, 2.45) is 5.41 Å². The first-order valence-electron chi connectivity index (χ1n) is 7.88. The zero-order chi connectivity index (χ0) is 18.0. The number of aromatic nitrogens is 1. The zero-order valence-electron chi connectivity index (χ0n) is 13.5. The van der Waals surface area contributed by atoms with Crippen LogP contribution in [0.4, 0.5) is 13.2 Å². The van der Waals surface area contributed by atoms with E-state index in [4.69, 9.17) is 0 Å². The van der Waals surface area contributed by atoms with E-state index in [0.717, 1.165) is 17.1 Å². The number of hydrogen-bond donors (Lipinski definition) is 1. The maximum Gasteiger partial charge on any atom is 0.421 e. The van der Waals surface area contributed by atoms with Crippen molar-refractivity contribution in [3.63, 3.8) is 0 Å². The van der Waals surface area contributed by atoms with Gasteiger partial charge in [0.15, 0.2) is 0 Å². The monoisotopic (exact) mass is 346 g/mol. The molecule has 1 aromatic heterocycles. The quantitative estimate of drug-likeness (QED) is 0.905. The van der Waals surface area contributed by atoms with Crippen LogP contribution in [0.25, 0.3) is 0 Å². The summed E-state index contributed by atoms with van der Waals surface area (Å²) in [6.45, 7) is 2.48. The van der Waals surface area contributed by atoms with Crippen LogP contribution in [-0.4, -0.2) is 40.2 Å². The number of aliphatic hydroxyl groups excluding tert-OH is 1. The molecular formula is C16H21F3N2O3. The highest BCUT2D eigenvalue weighted by Gasteiger charge is 2.36. The van der Waals surface area contributed by atoms with Crippen molar-refractivity contribution < 1.29 is 23.1 Å². The van der Waals surface area contributed by atoms with Gasteiger partial charge in [-0.3, -0.25) is 9.59 Å². The van der Waals surface area contributed by atoms with E-state index < -0.39 is 23.8 Å². The summed E-state index contributed by atoms with van der Waals surface area (Å²) < 4.78 is 39.0. The fraction of sp³-hybridized carbons (Fsp3) is 0.625. The Kier molecular flexibility index (Phi) is 5.37. The molecule has 1 fully saturated rings. The van der Waals surface area contributed by atoms with E-state index in [-0.39, 0.29) is 17.9 Å². The number of alkyl halides is 3. The molecule has 1 N–H and O–H groups in total. The predicted molar refractivity (Wildman–Crippen MR) is 81.3 cm³/mol. The Balaban J connectivity index is 2.08. The predicted octanol–water partition coefficient (Wildman–Crippen LogP) is 1.88. The van der Waals surface area contributed by atoms with Crippen molar-refractivity contribution >= 4 is 5.91 Å². The first-order chi connectivity index (χ1) is 11.2. The highest BCUT2D eigenvalue weighted by atomic mass is 19.4. The first-order valence-corrected chi connectivity index (χ1v) is 7.88. The van der Waals surface area contributed by atoms with E-state index in [1.807, 2.05) is 6.92 Å². The number of halogens is 3. The molecule has 134 valence electrons. The molecule has 2 heterocycles. The minimum Gasteiger partial charge on any atom is -0.396 e. The van der Waals surface area contributed by atoms with E-state index in [9.17, 15) is 27.9 Å². The van der Waals surface area contributed by atoms with Gasteiger partial charge in [0.05, 0.1) is 0 Å². The molecule has 0 saturated carbocycles. The van der Waals surface area contributed by atoms with Crippen LogP contribution in [0.2, 0.25) is 0 Å². The molecule has 0 unspecified atom stereocenters. The van der Waals surface area contributed by atoms with Gasteiger partial charge in [0, 0.05) is 25.9 Å². The lowest BCUT2D eigenvalue weighted by Crippen LogP contribution is -2.46. The fourth-order valence-corrected chi connectivity index (χ4v) is 2.98. The van der Waals surface area contributed by atoms with Crippen LogP contribution < -0.4 is 5.56 Å². The SMILES string of the molecule is CCC1(CO)CCN(C(=O)Cn2cccc(C(F)(F)F)c2=O)CC1. The van der Waals surface area contributed by atoms with Crippen LogP contribution in [0.1, 0.15) is 31.7 Å². The number of pyridine rings is 1. The summed E-state index contributed by atoms with van der Waals surface area (Å²) in [5, 5.41) is 9.49. The number of carbonyl (C=O) groups is 1. The maximum absolute atomic E-state index is 12.8. The van der Waals surface area contributed by atoms with Crippen LogP contribution in [0.15, 0.2) is 23.1 Å². The Morgan fingerprint density at radius 1 is 1.33 bits per heavy atom. The van der Waals surface area contributed by atoms with Crippen molar-refractivity contribution in [3.8, 4) is 0 Å². The lowest BCUT2D eigenvalue weighted by molar-refractivity contribution is -0.140. The number of hydrogen-bond acceptors (Lipinski definition) is 3. The van der Waals surface area contributed by atoms with E-state index >= 15 is 0 Å². The van der Waals surface area contributed by atoms with Crippen molar-refractivity contribution in [3.05, 3.63) is 34.2 Å². The van der Waals surface area contributed by atoms with Crippen LogP contribution in [0, 0.1) is 5.41 Å². The molecule has 5 nitrogen and oxygen atoms in total. The molecule has 0 atom stereocenters. The number of piperidine rings is 1. The van der Waals surface area contributed by atoms with Gasteiger partial charge in [0.1, 0.15) is 12.1 Å². The standard InChI is InChI=1S/C16H21F3N2O3/c1-2-15(11-22)5-8-20(9-6-15)13(23)10-21-7-3-4-12(14(21)24)16(17,18)19/h3-4,7,22H,2,5-6,8-11H2,1H3. The number of nitrogens with zero attached hydrogens (tertiary/aromatic N) is 2. The number of rotatable bonds is 4. The van der Waals surface area contributed by atoms with Gasteiger partial charge in [-0.2, -0.15) is 13.2 Å². The average Bonchev–Trinajstić information content (AvgIpc) is 2.55. The minimum atomic E-state index is -4.74. The van der Waals surface area contributed by atoms with Crippen molar-refractivity contribution in [2.75, 3.05) is 19.7 Å². The molecule has 2 rings (SSSR count). The number of aliphatic hydroxyl groups is 1. The molecule has 0 aliphatic carbocycles. The molecule has 1 saturated heterocycles. The molecular weight excluding hydrogens is 325 g/mol. The Morgan fingerprint density at radius 3 is 2.46 bits per heavy atom. The van der Waals surface area contributed by atoms with Crippen LogP contribution >= 0.6 is 0 Å². The lowest BCUT2D eigenvalue weighted by atomic mass is 9.77. The molecule has 1 amide bonds. The van der Waals surface area contributed by atoms with Gasteiger partial charge >= 0.3 is 6.18 Å². The Morgan fingerprint density at radius 2 is 1.96 bits per heavy atom. The summed E-state index contributed by atoms with van der Waals surface area (Å²) in [4.78, 5) is 25.7. The van der Waals surface area contributed by atoms with Gasteiger partial charge in [-0.1, -0.05) is 6.92 Å². The average molecular weight is 346 g/mol. The molecule has 0 spiro atoms. The molecule has 24 heavy (non-hydrogen) atoms. The van der Waals surface area contributed by atoms with Gasteiger partial charge in [0.2, 0.25) is 5.91 Å². The summed E-state index contributed by atoms with van der Waals surface area (Å²) in [7, 11) is 0. The second kappa shape index (κ2) is 6.96. The molecule has 1 aromatic rings. The largest absolute Gasteiger partial charge is 0.421 e.